The van der Waals surface area contributed by atoms with Crippen LogP contribution in [0.1, 0.15) is 21.8 Å². The second-order valence-corrected chi connectivity index (χ2v) is 6.53. The summed E-state index contributed by atoms with van der Waals surface area (Å²) in [7, 11) is 0. The van der Waals surface area contributed by atoms with Gasteiger partial charge in [-0.3, -0.25) is 9.48 Å². The second kappa shape index (κ2) is 8.53. The molecule has 0 atom stereocenters. The van der Waals surface area contributed by atoms with Crippen LogP contribution in [-0.2, 0) is 6.54 Å². The molecular formula is C21H16ClN5O2. The first-order chi connectivity index (χ1) is 14.2. The largest absolute Gasteiger partial charge is 0.463 e. The summed E-state index contributed by atoms with van der Waals surface area (Å²) in [5.74, 6) is 0.153. The lowest BCUT2D eigenvalue weighted by atomic mass is 10.1. The van der Waals surface area contributed by atoms with Crippen molar-refractivity contribution in [1.29, 1.82) is 0 Å². The van der Waals surface area contributed by atoms with E-state index in [4.69, 9.17) is 16.0 Å². The lowest BCUT2D eigenvalue weighted by Gasteiger charge is -2.06. The fraction of sp³-hybridized carbons (Fsp3) is 0.0476. The van der Waals surface area contributed by atoms with Gasteiger partial charge in [-0.15, -0.1) is 0 Å². The van der Waals surface area contributed by atoms with Crippen LogP contribution in [0.5, 0.6) is 0 Å². The van der Waals surface area contributed by atoms with Gasteiger partial charge < -0.3 is 4.42 Å². The lowest BCUT2D eigenvalue weighted by Crippen LogP contribution is -2.22. The quantitative estimate of drug-likeness (QED) is 0.298. The molecular weight excluding hydrogens is 390 g/mol. The Hall–Kier alpha value is -3.71. The minimum Gasteiger partial charge on any atom is -0.463 e. The van der Waals surface area contributed by atoms with Crippen molar-refractivity contribution >= 4 is 23.7 Å². The summed E-state index contributed by atoms with van der Waals surface area (Å²) >= 11 is 5.86. The van der Waals surface area contributed by atoms with Crippen LogP contribution in [0.25, 0.3) is 11.3 Å². The number of hydrazone groups is 1. The zero-order valence-corrected chi connectivity index (χ0v) is 16.0. The number of nitrogens with zero attached hydrogens (tertiary/aromatic N) is 4. The molecule has 8 heteroatoms. The molecule has 3 aromatic heterocycles. The Labute approximate surface area is 171 Å². The molecule has 144 valence electrons. The van der Waals surface area contributed by atoms with Crippen molar-refractivity contribution < 1.29 is 9.21 Å². The number of amides is 1. The Morgan fingerprint density at radius 3 is 2.76 bits per heavy atom. The number of benzene rings is 1. The van der Waals surface area contributed by atoms with Gasteiger partial charge >= 0.3 is 0 Å². The SMILES string of the molecule is O=C(N/N=C/c1ccco1)c1cc(-c2ccccc2)nn1Cc1ccc(Cl)nc1. The molecule has 0 aliphatic heterocycles. The van der Waals surface area contributed by atoms with E-state index in [0.717, 1.165) is 11.1 Å². The van der Waals surface area contributed by atoms with E-state index < -0.39 is 0 Å². The van der Waals surface area contributed by atoms with Crippen LogP contribution in [0.3, 0.4) is 0 Å². The van der Waals surface area contributed by atoms with E-state index in [1.807, 2.05) is 36.4 Å². The van der Waals surface area contributed by atoms with Crippen molar-refractivity contribution in [3.63, 3.8) is 0 Å². The highest BCUT2D eigenvalue weighted by Gasteiger charge is 2.16. The first-order valence-corrected chi connectivity index (χ1v) is 9.17. The van der Waals surface area contributed by atoms with E-state index in [1.165, 1.54) is 12.5 Å². The predicted molar refractivity (Wildman–Crippen MR) is 110 cm³/mol. The number of carbonyl (C=O) groups excluding carboxylic acids is 1. The molecule has 0 spiro atoms. The molecule has 3 heterocycles. The smallest absolute Gasteiger partial charge is 0.289 e. The van der Waals surface area contributed by atoms with Gasteiger partial charge in [-0.1, -0.05) is 48.0 Å². The zero-order chi connectivity index (χ0) is 20.1. The van der Waals surface area contributed by atoms with Crippen LogP contribution in [0, 0.1) is 0 Å². The Balaban J connectivity index is 1.61. The molecule has 0 saturated carbocycles. The van der Waals surface area contributed by atoms with Gasteiger partial charge in [0.05, 0.1) is 24.7 Å². The fourth-order valence-corrected chi connectivity index (χ4v) is 2.83. The molecule has 0 unspecified atom stereocenters. The molecule has 7 nitrogen and oxygen atoms in total. The van der Waals surface area contributed by atoms with Gasteiger partial charge in [-0.05, 0) is 29.8 Å². The predicted octanol–water partition coefficient (Wildman–Crippen LogP) is 4.00. The average molecular weight is 406 g/mol. The summed E-state index contributed by atoms with van der Waals surface area (Å²) in [6, 6.07) is 18.4. The van der Waals surface area contributed by atoms with Crippen LogP contribution in [0.2, 0.25) is 5.15 Å². The van der Waals surface area contributed by atoms with E-state index in [-0.39, 0.29) is 5.91 Å². The average Bonchev–Trinajstić information content (AvgIpc) is 3.40. The number of hydrogen-bond donors (Lipinski definition) is 1. The Morgan fingerprint density at radius 2 is 2.03 bits per heavy atom. The number of pyridine rings is 1. The van der Waals surface area contributed by atoms with Crippen molar-refractivity contribution in [2.75, 3.05) is 0 Å². The normalized spacial score (nSPS) is 11.1. The molecule has 1 aromatic carbocycles. The highest BCUT2D eigenvalue weighted by atomic mass is 35.5. The van der Waals surface area contributed by atoms with Crippen molar-refractivity contribution in [2.24, 2.45) is 5.10 Å². The van der Waals surface area contributed by atoms with Gasteiger partial charge in [0.2, 0.25) is 0 Å². The van der Waals surface area contributed by atoms with E-state index in [9.17, 15) is 4.79 Å². The Bertz CT molecular complexity index is 1120. The molecule has 0 radical (unpaired) electrons. The van der Waals surface area contributed by atoms with Crippen molar-refractivity contribution in [3.05, 3.63) is 95.3 Å². The van der Waals surface area contributed by atoms with Gasteiger partial charge in [0.1, 0.15) is 16.6 Å². The molecule has 0 bridgehead atoms. The number of carbonyl (C=O) groups is 1. The number of hydrogen-bond acceptors (Lipinski definition) is 5. The molecule has 0 aliphatic rings. The molecule has 4 rings (SSSR count). The fourth-order valence-electron chi connectivity index (χ4n) is 2.72. The van der Waals surface area contributed by atoms with Gasteiger partial charge in [0, 0.05) is 11.8 Å². The van der Waals surface area contributed by atoms with Gasteiger partial charge in [0.15, 0.2) is 0 Å². The molecule has 4 aromatic rings. The van der Waals surface area contributed by atoms with E-state index in [2.05, 4.69) is 20.6 Å². The summed E-state index contributed by atoms with van der Waals surface area (Å²) in [5, 5.41) is 8.95. The third-order valence-corrected chi connectivity index (χ3v) is 4.33. The Morgan fingerprint density at radius 1 is 1.17 bits per heavy atom. The van der Waals surface area contributed by atoms with Gasteiger partial charge in [0.25, 0.3) is 5.91 Å². The van der Waals surface area contributed by atoms with E-state index >= 15 is 0 Å². The van der Waals surface area contributed by atoms with E-state index in [1.54, 1.807) is 35.1 Å². The first kappa shape index (κ1) is 18.6. The summed E-state index contributed by atoms with van der Waals surface area (Å²) in [4.78, 5) is 16.8. The summed E-state index contributed by atoms with van der Waals surface area (Å²) in [6.45, 7) is 0.363. The standard InChI is InChI=1S/C21H16ClN5O2/c22-20-9-8-15(12-23-20)14-27-19(11-18(26-27)16-5-2-1-3-6-16)21(28)25-24-13-17-7-4-10-29-17/h1-13H,14H2,(H,25,28)/b24-13+. The summed E-state index contributed by atoms with van der Waals surface area (Å²) in [5.41, 5.74) is 5.35. The van der Waals surface area contributed by atoms with Crippen LogP contribution in [-0.4, -0.2) is 26.9 Å². The number of aromatic nitrogens is 3. The number of rotatable bonds is 6. The monoisotopic (exact) mass is 405 g/mol. The molecule has 1 N–H and O–H groups in total. The maximum atomic E-state index is 12.7. The van der Waals surface area contributed by atoms with Gasteiger partial charge in [-0.25, -0.2) is 10.4 Å². The second-order valence-electron chi connectivity index (χ2n) is 6.14. The van der Waals surface area contributed by atoms with Crippen molar-refractivity contribution in [1.82, 2.24) is 20.2 Å². The van der Waals surface area contributed by atoms with Crippen molar-refractivity contribution in [2.45, 2.75) is 6.54 Å². The number of halogens is 1. The minimum atomic E-state index is -0.385. The third-order valence-electron chi connectivity index (χ3n) is 4.10. The minimum absolute atomic E-state index is 0.363. The third kappa shape index (κ3) is 4.59. The summed E-state index contributed by atoms with van der Waals surface area (Å²) < 4.78 is 6.78. The topological polar surface area (TPSA) is 85.3 Å². The molecule has 0 saturated heterocycles. The van der Waals surface area contributed by atoms with Crippen LogP contribution in [0.15, 0.2) is 82.6 Å². The summed E-state index contributed by atoms with van der Waals surface area (Å²) in [6.07, 6.45) is 4.62. The highest BCUT2D eigenvalue weighted by Crippen LogP contribution is 2.20. The lowest BCUT2D eigenvalue weighted by molar-refractivity contribution is 0.0945. The highest BCUT2D eigenvalue weighted by molar-refractivity contribution is 6.29. The molecule has 1 amide bonds. The number of furan rings is 1. The van der Waals surface area contributed by atoms with Gasteiger partial charge in [-0.2, -0.15) is 10.2 Å². The van der Waals surface area contributed by atoms with Crippen LogP contribution < -0.4 is 5.43 Å². The Kier molecular flexibility index (Phi) is 5.49. The molecule has 0 aliphatic carbocycles. The number of nitrogens with one attached hydrogen (secondary N) is 1. The molecule has 29 heavy (non-hydrogen) atoms. The van der Waals surface area contributed by atoms with E-state index in [0.29, 0.717) is 28.8 Å². The first-order valence-electron chi connectivity index (χ1n) is 8.79. The maximum Gasteiger partial charge on any atom is 0.289 e. The maximum absolute atomic E-state index is 12.7. The van der Waals surface area contributed by atoms with Crippen molar-refractivity contribution in [3.8, 4) is 11.3 Å². The van der Waals surface area contributed by atoms with Crippen LogP contribution in [0.4, 0.5) is 0 Å². The molecule has 0 fully saturated rings. The van der Waals surface area contributed by atoms with Crippen LogP contribution >= 0.6 is 11.6 Å². The zero-order valence-electron chi connectivity index (χ0n) is 15.2.